The molecule has 0 unspecified atom stereocenters. The number of rotatable bonds is 2. The van der Waals surface area contributed by atoms with Crippen LogP contribution in [-0.4, -0.2) is 20.5 Å². The Kier molecular flexibility index (Phi) is 2.67. The average molecular weight is 290 g/mol. The van der Waals surface area contributed by atoms with E-state index in [1.165, 1.54) is 0 Å². The normalized spacial score (nSPS) is 10.8. The van der Waals surface area contributed by atoms with E-state index in [0.717, 1.165) is 5.52 Å². The zero-order valence-electron chi connectivity index (χ0n) is 7.44. The van der Waals surface area contributed by atoms with E-state index in [1.807, 2.05) is 0 Å². The van der Waals surface area contributed by atoms with Gasteiger partial charge in [0.05, 0.1) is 10.5 Å². The van der Waals surface area contributed by atoms with Crippen LogP contribution in [0.2, 0.25) is 5.02 Å². The number of hydrogen-bond donors (Lipinski definition) is 1. The maximum Gasteiger partial charge on any atom is 0.311 e. The molecular weight excluding hydrogens is 283 g/mol. The van der Waals surface area contributed by atoms with E-state index >= 15 is 0 Å². The first-order valence-electron chi connectivity index (χ1n) is 4.11. The van der Waals surface area contributed by atoms with Gasteiger partial charge in [-0.25, -0.2) is 4.98 Å². The molecule has 2 heterocycles. The molecule has 0 spiro atoms. The van der Waals surface area contributed by atoms with Crippen LogP contribution >= 0.6 is 27.5 Å². The van der Waals surface area contributed by atoms with Crippen LogP contribution in [0.4, 0.5) is 0 Å². The molecule has 0 amide bonds. The molecule has 0 fully saturated rings. The number of carboxylic acids is 1. The van der Waals surface area contributed by atoms with E-state index in [2.05, 4.69) is 20.9 Å². The SMILES string of the molecule is O=C(O)Cc1nc(Br)c2ccc(Cl)cn12. The second kappa shape index (κ2) is 3.83. The third-order valence-corrected chi connectivity index (χ3v) is 2.75. The number of carboxylic acid groups (broad SMARTS) is 1. The van der Waals surface area contributed by atoms with Gasteiger partial charge in [0.1, 0.15) is 16.8 Å². The highest BCUT2D eigenvalue weighted by atomic mass is 79.9. The van der Waals surface area contributed by atoms with Crippen molar-refractivity contribution in [1.29, 1.82) is 0 Å². The molecule has 6 heteroatoms. The molecule has 0 aliphatic heterocycles. The highest BCUT2D eigenvalue weighted by molar-refractivity contribution is 9.10. The summed E-state index contributed by atoms with van der Waals surface area (Å²) >= 11 is 9.09. The van der Waals surface area contributed by atoms with Crippen molar-refractivity contribution < 1.29 is 9.90 Å². The standard InChI is InChI=1S/C9H6BrClN2O2/c10-9-6-2-1-5(11)4-13(6)7(12-9)3-8(14)15/h1-2,4H,3H2,(H,14,15). The third-order valence-electron chi connectivity index (χ3n) is 1.94. The summed E-state index contributed by atoms with van der Waals surface area (Å²) < 4.78 is 2.29. The van der Waals surface area contributed by atoms with E-state index in [-0.39, 0.29) is 6.42 Å². The summed E-state index contributed by atoms with van der Waals surface area (Å²) in [6.07, 6.45) is 1.51. The van der Waals surface area contributed by atoms with E-state index in [4.69, 9.17) is 16.7 Å². The number of aromatic nitrogens is 2. The van der Waals surface area contributed by atoms with Crippen molar-refractivity contribution in [2.24, 2.45) is 0 Å². The Morgan fingerprint density at radius 3 is 3.00 bits per heavy atom. The molecule has 0 aliphatic carbocycles. The number of nitrogens with zero attached hydrogens (tertiary/aromatic N) is 2. The molecule has 0 saturated carbocycles. The Balaban J connectivity index is 2.64. The minimum absolute atomic E-state index is 0.132. The quantitative estimate of drug-likeness (QED) is 0.923. The van der Waals surface area contributed by atoms with Crippen LogP contribution in [0.15, 0.2) is 22.9 Å². The summed E-state index contributed by atoms with van der Waals surface area (Å²) in [6, 6.07) is 3.51. The zero-order chi connectivity index (χ0) is 11.0. The van der Waals surface area contributed by atoms with Gasteiger partial charge < -0.3 is 9.51 Å². The van der Waals surface area contributed by atoms with E-state index in [0.29, 0.717) is 15.5 Å². The molecular formula is C9H6BrClN2O2. The van der Waals surface area contributed by atoms with Gasteiger partial charge in [0, 0.05) is 6.20 Å². The lowest BCUT2D eigenvalue weighted by atomic mass is 10.4. The molecule has 0 atom stereocenters. The van der Waals surface area contributed by atoms with Crippen molar-refractivity contribution in [3.8, 4) is 0 Å². The number of fused-ring (bicyclic) bond motifs is 1. The van der Waals surface area contributed by atoms with Crippen molar-refractivity contribution in [2.45, 2.75) is 6.42 Å². The average Bonchev–Trinajstić information content (AvgIpc) is 2.42. The summed E-state index contributed by atoms with van der Waals surface area (Å²) in [5.74, 6) is -0.471. The van der Waals surface area contributed by atoms with Crippen LogP contribution in [0.25, 0.3) is 5.52 Å². The smallest absolute Gasteiger partial charge is 0.311 e. The van der Waals surface area contributed by atoms with Gasteiger partial charge in [-0.15, -0.1) is 0 Å². The molecule has 0 aromatic carbocycles. The van der Waals surface area contributed by atoms with Crippen molar-refractivity contribution >= 4 is 39.0 Å². The number of halogens is 2. The van der Waals surface area contributed by atoms with Crippen molar-refractivity contribution in [3.63, 3.8) is 0 Å². The first kappa shape index (κ1) is 10.4. The van der Waals surface area contributed by atoms with Gasteiger partial charge in [0.2, 0.25) is 0 Å². The molecule has 2 rings (SSSR count). The molecule has 2 aromatic heterocycles. The fourth-order valence-electron chi connectivity index (χ4n) is 1.34. The summed E-state index contributed by atoms with van der Waals surface area (Å²) in [5, 5.41) is 9.24. The predicted molar refractivity (Wildman–Crippen MR) is 59.2 cm³/mol. The van der Waals surface area contributed by atoms with Crippen LogP contribution in [-0.2, 0) is 11.2 Å². The summed E-state index contributed by atoms with van der Waals surface area (Å²) in [6.45, 7) is 0. The van der Waals surface area contributed by atoms with Crippen LogP contribution in [0.1, 0.15) is 5.82 Å². The topological polar surface area (TPSA) is 54.6 Å². The van der Waals surface area contributed by atoms with Crippen LogP contribution in [0.3, 0.4) is 0 Å². The molecule has 0 aliphatic rings. The van der Waals surface area contributed by atoms with Crippen LogP contribution < -0.4 is 0 Å². The Labute approximate surface area is 98.6 Å². The van der Waals surface area contributed by atoms with Crippen LogP contribution in [0, 0.1) is 0 Å². The largest absolute Gasteiger partial charge is 0.481 e. The van der Waals surface area contributed by atoms with E-state index in [1.54, 1.807) is 22.7 Å². The number of aliphatic carboxylic acids is 1. The van der Waals surface area contributed by atoms with Crippen LogP contribution in [0.5, 0.6) is 0 Å². The van der Waals surface area contributed by atoms with Gasteiger partial charge in [-0.3, -0.25) is 4.79 Å². The fraction of sp³-hybridized carbons (Fsp3) is 0.111. The summed E-state index contributed by atoms with van der Waals surface area (Å²) in [5.41, 5.74) is 0.802. The van der Waals surface area contributed by atoms with Gasteiger partial charge in [0.15, 0.2) is 0 Å². The zero-order valence-corrected chi connectivity index (χ0v) is 9.79. The molecule has 0 saturated heterocycles. The third kappa shape index (κ3) is 1.98. The number of imidazole rings is 1. The fourth-order valence-corrected chi connectivity index (χ4v) is 2.03. The van der Waals surface area contributed by atoms with Gasteiger partial charge >= 0.3 is 5.97 Å². The van der Waals surface area contributed by atoms with Gasteiger partial charge in [-0.1, -0.05) is 11.6 Å². The number of pyridine rings is 1. The first-order valence-corrected chi connectivity index (χ1v) is 5.29. The lowest BCUT2D eigenvalue weighted by Gasteiger charge is -1.98. The van der Waals surface area contributed by atoms with E-state index < -0.39 is 5.97 Å². The monoisotopic (exact) mass is 288 g/mol. The van der Waals surface area contributed by atoms with Gasteiger partial charge in [0.25, 0.3) is 0 Å². The molecule has 0 radical (unpaired) electrons. The van der Waals surface area contributed by atoms with Crippen molar-refractivity contribution in [1.82, 2.24) is 9.38 Å². The minimum atomic E-state index is -0.922. The van der Waals surface area contributed by atoms with Crippen molar-refractivity contribution in [3.05, 3.63) is 33.8 Å². The Bertz CT molecular complexity index is 538. The predicted octanol–water partition coefficient (Wildman–Crippen LogP) is 2.38. The van der Waals surface area contributed by atoms with Gasteiger partial charge in [-0.2, -0.15) is 0 Å². The molecule has 2 aromatic rings. The minimum Gasteiger partial charge on any atom is -0.481 e. The van der Waals surface area contributed by atoms with E-state index in [9.17, 15) is 4.79 Å². The Morgan fingerprint density at radius 2 is 2.33 bits per heavy atom. The lowest BCUT2D eigenvalue weighted by molar-refractivity contribution is -0.136. The summed E-state index contributed by atoms with van der Waals surface area (Å²) in [7, 11) is 0. The molecule has 15 heavy (non-hydrogen) atoms. The highest BCUT2D eigenvalue weighted by Gasteiger charge is 2.11. The second-order valence-electron chi connectivity index (χ2n) is 2.99. The number of hydrogen-bond acceptors (Lipinski definition) is 2. The molecule has 0 bridgehead atoms. The maximum atomic E-state index is 10.6. The lowest BCUT2D eigenvalue weighted by Crippen LogP contribution is -2.04. The first-order chi connectivity index (χ1) is 7.08. The highest BCUT2D eigenvalue weighted by Crippen LogP contribution is 2.21. The summed E-state index contributed by atoms with van der Waals surface area (Å²) in [4.78, 5) is 14.7. The Hall–Kier alpha value is -1.07. The molecule has 4 nitrogen and oxygen atoms in total. The molecule has 78 valence electrons. The molecule has 1 N–H and O–H groups in total. The van der Waals surface area contributed by atoms with Gasteiger partial charge in [-0.05, 0) is 28.1 Å². The number of carbonyl (C=O) groups is 1. The maximum absolute atomic E-state index is 10.6. The van der Waals surface area contributed by atoms with Crippen molar-refractivity contribution in [2.75, 3.05) is 0 Å². The second-order valence-corrected chi connectivity index (χ2v) is 4.18. The Morgan fingerprint density at radius 1 is 1.60 bits per heavy atom.